The summed E-state index contributed by atoms with van der Waals surface area (Å²) in [6.45, 7) is 3.74. The predicted octanol–water partition coefficient (Wildman–Crippen LogP) is 1.25. The third kappa shape index (κ3) is 0.964. The van der Waals surface area contributed by atoms with Gasteiger partial charge in [0.25, 0.3) is 0 Å². The Morgan fingerprint density at radius 1 is 1.60 bits per heavy atom. The van der Waals surface area contributed by atoms with Crippen LogP contribution < -0.4 is 5.73 Å². The first-order valence-electron chi connectivity index (χ1n) is 3.12. The van der Waals surface area contributed by atoms with Gasteiger partial charge in [0.15, 0.2) is 11.6 Å². The lowest BCUT2D eigenvalue weighted by Gasteiger charge is -1.97. The zero-order chi connectivity index (χ0) is 7.72. The van der Waals surface area contributed by atoms with E-state index in [2.05, 4.69) is 10.2 Å². The summed E-state index contributed by atoms with van der Waals surface area (Å²) in [6.07, 6.45) is 0. The van der Waals surface area contributed by atoms with Crippen LogP contribution in [-0.4, -0.2) is 10.2 Å². The molecule has 0 fully saturated rings. The number of nitrogen functional groups attached to an aromatic ring is 1. The summed E-state index contributed by atoms with van der Waals surface area (Å²) in [5.41, 5.74) is 5.63. The summed E-state index contributed by atoms with van der Waals surface area (Å²) < 4.78 is 12.8. The molecule has 0 saturated carbocycles. The highest BCUT2D eigenvalue weighted by atomic mass is 19.1. The molecule has 0 radical (unpaired) electrons. The number of nitrogens with two attached hydrogens (primary N) is 1. The monoisotopic (exact) mass is 143 g/mol. The van der Waals surface area contributed by atoms with Gasteiger partial charge in [-0.05, 0) is 5.92 Å². The van der Waals surface area contributed by atoms with Gasteiger partial charge < -0.3 is 5.73 Å². The van der Waals surface area contributed by atoms with Crippen LogP contribution in [0.1, 0.15) is 25.5 Å². The Balaban J connectivity index is 3.05. The minimum Gasteiger partial charge on any atom is -0.380 e. The quantitative estimate of drug-likeness (QED) is 0.621. The van der Waals surface area contributed by atoms with E-state index in [1.54, 1.807) is 0 Å². The second-order valence-electron chi connectivity index (χ2n) is 2.49. The zero-order valence-electron chi connectivity index (χ0n) is 5.98. The number of halogens is 1. The van der Waals surface area contributed by atoms with E-state index in [1.165, 1.54) is 0 Å². The van der Waals surface area contributed by atoms with Crippen molar-refractivity contribution in [3.05, 3.63) is 11.5 Å². The average Bonchev–Trinajstić information content (AvgIpc) is 2.14. The smallest absolute Gasteiger partial charge is 0.187 e. The van der Waals surface area contributed by atoms with Crippen molar-refractivity contribution in [2.75, 3.05) is 5.73 Å². The molecule has 0 amide bonds. The molecule has 1 aromatic heterocycles. The number of nitrogens with one attached hydrogen (secondary N) is 1. The fourth-order valence-corrected chi connectivity index (χ4v) is 0.739. The minimum atomic E-state index is -0.421. The van der Waals surface area contributed by atoms with Crippen molar-refractivity contribution in [1.82, 2.24) is 10.2 Å². The van der Waals surface area contributed by atoms with E-state index < -0.39 is 5.82 Å². The highest BCUT2D eigenvalue weighted by molar-refractivity contribution is 5.32. The van der Waals surface area contributed by atoms with Crippen LogP contribution in [0.4, 0.5) is 10.2 Å². The molecule has 1 rings (SSSR count). The second-order valence-corrected chi connectivity index (χ2v) is 2.49. The van der Waals surface area contributed by atoms with Crippen LogP contribution in [0, 0.1) is 5.82 Å². The average molecular weight is 143 g/mol. The lowest BCUT2D eigenvalue weighted by atomic mass is 10.1. The minimum absolute atomic E-state index is 0.0521. The molecule has 0 unspecified atom stereocenters. The van der Waals surface area contributed by atoms with Gasteiger partial charge in [-0.25, -0.2) is 4.39 Å². The van der Waals surface area contributed by atoms with E-state index >= 15 is 0 Å². The largest absolute Gasteiger partial charge is 0.380 e. The number of rotatable bonds is 1. The van der Waals surface area contributed by atoms with Crippen LogP contribution in [0.3, 0.4) is 0 Å². The number of H-pyrrole nitrogens is 1. The first-order valence-corrected chi connectivity index (χ1v) is 3.12. The van der Waals surface area contributed by atoms with Crippen molar-refractivity contribution in [3.63, 3.8) is 0 Å². The summed E-state index contributed by atoms with van der Waals surface area (Å²) in [7, 11) is 0. The molecule has 0 bridgehead atoms. The molecule has 56 valence electrons. The molecule has 1 aromatic rings. The number of aromatic nitrogens is 2. The first-order chi connectivity index (χ1) is 4.63. The standard InChI is InChI=1S/C6H10FN3/c1-3(2)5-4(7)6(8)10-9-5/h3H,1-2H3,(H3,8,9,10). The molecule has 0 atom stereocenters. The molecule has 0 aliphatic heterocycles. The summed E-state index contributed by atoms with van der Waals surface area (Å²) >= 11 is 0. The van der Waals surface area contributed by atoms with Crippen molar-refractivity contribution < 1.29 is 4.39 Å². The molecule has 0 aromatic carbocycles. The molecule has 3 N–H and O–H groups in total. The van der Waals surface area contributed by atoms with Crippen molar-refractivity contribution in [3.8, 4) is 0 Å². The third-order valence-electron chi connectivity index (χ3n) is 1.34. The zero-order valence-corrected chi connectivity index (χ0v) is 5.98. The van der Waals surface area contributed by atoms with Gasteiger partial charge >= 0.3 is 0 Å². The number of anilines is 1. The predicted molar refractivity (Wildman–Crippen MR) is 37.0 cm³/mol. The highest BCUT2D eigenvalue weighted by Crippen LogP contribution is 2.18. The topological polar surface area (TPSA) is 54.7 Å². The second kappa shape index (κ2) is 2.28. The number of aromatic amines is 1. The van der Waals surface area contributed by atoms with Gasteiger partial charge in [-0.2, -0.15) is 5.10 Å². The summed E-state index contributed by atoms with van der Waals surface area (Å²) in [5.74, 6) is -0.372. The van der Waals surface area contributed by atoms with E-state index in [9.17, 15) is 4.39 Å². The molecule has 4 heteroatoms. The Morgan fingerprint density at radius 3 is 2.40 bits per heavy atom. The molecule has 1 heterocycles. The fraction of sp³-hybridized carbons (Fsp3) is 0.500. The molecule has 0 spiro atoms. The van der Waals surface area contributed by atoms with Gasteiger partial charge in [-0.3, -0.25) is 5.10 Å². The Bertz CT molecular complexity index is 229. The molecular weight excluding hydrogens is 133 g/mol. The van der Waals surface area contributed by atoms with Crippen molar-refractivity contribution in [1.29, 1.82) is 0 Å². The Kier molecular flexibility index (Phi) is 1.61. The van der Waals surface area contributed by atoms with Crippen LogP contribution in [0.15, 0.2) is 0 Å². The summed E-state index contributed by atoms with van der Waals surface area (Å²) in [5, 5.41) is 6.04. The molecule has 10 heavy (non-hydrogen) atoms. The van der Waals surface area contributed by atoms with Gasteiger partial charge in [-0.15, -0.1) is 0 Å². The fourth-order valence-electron chi connectivity index (χ4n) is 0.739. The van der Waals surface area contributed by atoms with Crippen LogP contribution in [0.5, 0.6) is 0 Å². The van der Waals surface area contributed by atoms with Gasteiger partial charge in [0.1, 0.15) is 0 Å². The maximum atomic E-state index is 12.8. The van der Waals surface area contributed by atoms with E-state index in [0.29, 0.717) is 5.69 Å². The maximum Gasteiger partial charge on any atom is 0.187 e. The molecule has 0 aliphatic carbocycles. The molecular formula is C6H10FN3. The van der Waals surface area contributed by atoms with E-state index in [4.69, 9.17) is 5.73 Å². The number of hydrogen-bond acceptors (Lipinski definition) is 2. The molecule has 3 nitrogen and oxygen atoms in total. The van der Waals surface area contributed by atoms with Crippen LogP contribution in [0.2, 0.25) is 0 Å². The van der Waals surface area contributed by atoms with Crippen molar-refractivity contribution in [2.24, 2.45) is 0 Å². The van der Waals surface area contributed by atoms with E-state index in [1.807, 2.05) is 13.8 Å². The lowest BCUT2D eigenvalue weighted by molar-refractivity contribution is 0.600. The molecule has 0 aliphatic rings. The lowest BCUT2D eigenvalue weighted by Crippen LogP contribution is -1.92. The molecule has 0 saturated heterocycles. The normalized spacial score (nSPS) is 10.8. The van der Waals surface area contributed by atoms with E-state index in [-0.39, 0.29) is 11.7 Å². The van der Waals surface area contributed by atoms with Crippen LogP contribution >= 0.6 is 0 Å². The Labute approximate surface area is 58.4 Å². The third-order valence-corrected chi connectivity index (χ3v) is 1.34. The summed E-state index contributed by atoms with van der Waals surface area (Å²) in [6, 6.07) is 0. The van der Waals surface area contributed by atoms with Gasteiger partial charge in [0.2, 0.25) is 0 Å². The van der Waals surface area contributed by atoms with Crippen LogP contribution in [-0.2, 0) is 0 Å². The number of nitrogens with zero attached hydrogens (tertiary/aromatic N) is 1. The van der Waals surface area contributed by atoms with Gasteiger partial charge in [0, 0.05) is 0 Å². The maximum absolute atomic E-state index is 12.8. The number of hydrogen-bond donors (Lipinski definition) is 2. The van der Waals surface area contributed by atoms with E-state index in [0.717, 1.165) is 0 Å². The SMILES string of the molecule is CC(C)c1[nH]nc(N)c1F. The first kappa shape index (κ1) is 7.05. The van der Waals surface area contributed by atoms with Gasteiger partial charge in [0.05, 0.1) is 5.69 Å². The Morgan fingerprint density at radius 2 is 2.20 bits per heavy atom. The Hall–Kier alpha value is -1.06. The summed E-state index contributed by atoms with van der Waals surface area (Å²) in [4.78, 5) is 0. The van der Waals surface area contributed by atoms with Crippen molar-refractivity contribution >= 4 is 5.82 Å². The van der Waals surface area contributed by atoms with Crippen molar-refractivity contribution in [2.45, 2.75) is 19.8 Å². The van der Waals surface area contributed by atoms with Gasteiger partial charge in [-0.1, -0.05) is 13.8 Å². The van der Waals surface area contributed by atoms with Crippen LogP contribution in [0.25, 0.3) is 0 Å². The highest BCUT2D eigenvalue weighted by Gasteiger charge is 2.11.